The molecule has 2 rings (SSSR count). The summed E-state index contributed by atoms with van der Waals surface area (Å²) in [5, 5.41) is 6.08. The van der Waals surface area contributed by atoms with Crippen LogP contribution < -0.4 is 15.4 Å². The third-order valence-electron chi connectivity index (χ3n) is 3.68. The molecule has 2 aromatic carbocycles. The first-order chi connectivity index (χ1) is 11.9. The third kappa shape index (κ3) is 4.97. The molecule has 6 heteroatoms. The molecular weight excluding hydrogens is 340 g/mol. The second-order valence-electron chi connectivity index (χ2n) is 5.90. The first-order valence-corrected chi connectivity index (χ1v) is 8.30. The van der Waals surface area contributed by atoms with Crippen molar-refractivity contribution in [3.05, 3.63) is 59.1 Å². The molecule has 2 aromatic rings. The molecule has 0 heterocycles. The van der Waals surface area contributed by atoms with E-state index in [9.17, 15) is 9.59 Å². The van der Waals surface area contributed by atoms with Gasteiger partial charge in [0, 0.05) is 10.7 Å². The predicted octanol–water partition coefficient (Wildman–Crippen LogP) is 3.74. The Kier molecular flexibility index (Phi) is 6.42. The number of amides is 2. The SMILES string of the molecule is COc1ccccc1C(=O)N[C@H](C(=O)Nc1cccc(Cl)c1)C(C)C. The Bertz CT molecular complexity index is 762. The lowest BCUT2D eigenvalue weighted by Crippen LogP contribution is -2.47. The number of hydrogen-bond acceptors (Lipinski definition) is 3. The summed E-state index contributed by atoms with van der Waals surface area (Å²) in [5.74, 6) is -0.312. The molecule has 0 fully saturated rings. The first-order valence-electron chi connectivity index (χ1n) is 7.92. The van der Waals surface area contributed by atoms with E-state index in [1.165, 1.54) is 7.11 Å². The summed E-state index contributed by atoms with van der Waals surface area (Å²) < 4.78 is 5.20. The van der Waals surface area contributed by atoms with Crippen LogP contribution in [0.25, 0.3) is 0 Å². The average molecular weight is 361 g/mol. The Morgan fingerprint density at radius 3 is 2.44 bits per heavy atom. The summed E-state index contributed by atoms with van der Waals surface area (Å²) in [6.07, 6.45) is 0. The van der Waals surface area contributed by atoms with Crippen molar-refractivity contribution in [1.82, 2.24) is 5.32 Å². The summed E-state index contributed by atoms with van der Waals surface area (Å²) >= 11 is 5.93. The standard InChI is InChI=1S/C19H21ClN2O3/c1-12(2)17(19(24)21-14-8-6-7-13(20)11-14)22-18(23)15-9-4-5-10-16(15)25-3/h4-12,17H,1-3H3,(H,21,24)(H,22,23)/t17-/m0/s1. The summed E-state index contributed by atoms with van der Waals surface area (Å²) in [6, 6.07) is 13.0. The number of carbonyl (C=O) groups is 2. The van der Waals surface area contributed by atoms with E-state index in [4.69, 9.17) is 16.3 Å². The highest BCUT2D eigenvalue weighted by Crippen LogP contribution is 2.19. The molecule has 132 valence electrons. The van der Waals surface area contributed by atoms with Gasteiger partial charge in [0.05, 0.1) is 12.7 Å². The van der Waals surface area contributed by atoms with Crippen LogP contribution in [0.5, 0.6) is 5.75 Å². The minimum atomic E-state index is -0.698. The van der Waals surface area contributed by atoms with Crippen LogP contribution in [0.4, 0.5) is 5.69 Å². The molecule has 2 amide bonds. The Hall–Kier alpha value is -2.53. The highest BCUT2D eigenvalue weighted by atomic mass is 35.5. The normalized spacial score (nSPS) is 11.7. The average Bonchev–Trinajstić information content (AvgIpc) is 2.59. The number of halogens is 1. The van der Waals surface area contributed by atoms with E-state index in [1.54, 1.807) is 48.5 Å². The van der Waals surface area contributed by atoms with Crippen LogP contribution in [-0.4, -0.2) is 25.0 Å². The second-order valence-corrected chi connectivity index (χ2v) is 6.33. The number of benzene rings is 2. The molecule has 5 nitrogen and oxygen atoms in total. The van der Waals surface area contributed by atoms with E-state index in [-0.39, 0.29) is 17.7 Å². The molecule has 2 N–H and O–H groups in total. The number of rotatable bonds is 6. The Morgan fingerprint density at radius 1 is 1.08 bits per heavy atom. The summed E-state index contributed by atoms with van der Waals surface area (Å²) in [5.41, 5.74) is 0.959. The molecule has 0 aliphatic carbocycles. The zero-order valence-corrected chi connectivity index (χ0v) is 15.1. The monoisotopic (exact) mass is 360 g/mol. The summed E-state index contributed by atoms with van der Waals surface area (Å²) in [4.78, 5) is 25.1. The van der Waals surface area contributed by atoms with E-state index in [2.05, 4.69) is 10.6 Å². The van der Waals surface area contributed by atoms with Crippen molar-refractivity contribution in [2.45, 2.75) is 19.9 Å². The number of para-hydroxylation sites is 1. The highest BCUT2D eigenvalue weighted by Gasteiger charge is 2.25. The molecule has 25 heavy (non-hydrogen) atoms. The van der Waals surface area contributed by atoms with Crippen LogP contribution in [-0.2, 0) is 4.79 Å². The molecule has 0 aliphatic heterocycles. The van der Waals surface area contributed by atoms with Crippen molar-refractivity contribution in [2.75, 3.05) is 12.4 Å². The van der Waals surface area contributed by atoms with Crippen molar-refractivity contribution >= 4 is 29.1 Å². The minimum Gasteiger partial charge on any atom is -0.496 e. The van der Waals surface area contributed by atoms with Gasteiger partial charge in [-0.15, -0.1) is 0 Å². The van der Waals surface area contributed by atoms with Gasteiger partial charge in [0.2, 0.25) is 5.91 Å². The van der Waals surface area contributed by atoms with Crippen LogP contribution >= 0.6 is 11.6 Å². The van der Waals surface area contributed by atoms with Gasteiger partial charge in [-0.2, -0.15) is 0 Å². The number of hydrogen-bond donors (Lipinski definition) is 2. The third-order valence-corrected chi connectivity index (χ3v) is 3.91. The number of ether oxygens (including phenoxy) is 1. The van der Waals surface area contributed by atoms with Gasteiger partial charge in [0.15, 0.2) is 0 Å². The lowest BCUT2D eigenvalue weighted by Gasteiger charge is -2.22. The maximum atomic E-state index is 12.6. The molecule has 0 aliphatic rings. The minimum absolute atomic E-state index is 0.0992. The van der Waals surface area contributed by atoms with Crippen LogP contribution in [0, 0.1) is 5.92 Å². The highest BCUT2D eigenvalue weighted by molar-refractivity contribution is 6.30. The number of nitrogens with one attached hydrogen (secondary N) is 2. The molecule has 1 atom stereocenters. The van der Waals surface area contributed by atoms with Crippen LogP contribution in [0.2, 0.25) is 5.02 Å². The molecule has 0 radical (unpaired) electrons. The summed E-state index contributed by atoms with van der Waals surface area (Å²) in [6.45, 7) is 3.73. The number of carbonyl (C=O) groups excluding carboxylic acids is 2. The van der Waals surface area contributed by atoms with Crippen molar-refractivity contribution < 1.29 is 14.3 Å². The quantitative estimate of drug-likeness (QED) is 0.824. The van der Waals surface area contributed by atoms with Crippen molar-refractivity contribution in [3.8, 4) is 5.75 Å². The number of anilines is 1. The van der Waals surface area contributed by atoms with E-state index < -0.39 is 6.04 Å². The molecule has 0 unspecified atom stereocenters. The van der Waals surface area contributed by atoms with Gasteiger partial charge >= 0.3 is 0 Å². The van der Waals surface area contributed by atoms with Gasteiger partial charge in [0.25, 0.3) is 5.91 Å². The fraction of sp³-hybridized carbons (Fsp3) is 0.263. The Labute approximate surface area is 152 Å². The van der Waals surface area contributed by atoms with Crippen LogP contribution in [0.1, 0.15) is 24.2 Å². The Balaban J connectivity index is 2.15. The maximum absolute atomic E-state index is 12.6. The second kappa shape index (κ2) is 8.53. The maximum Gasteiger partial charge on any atom is 0.255 e. The predicted molar refractivity (Wildman–Crippen MR) is 99.2 cm³/mol. The van der Waals surface area contributed by atoms with Crippen molar-refractivity contribution in [2.24, 2.45) is 5.92 Å². The molecule has 0 bridgehead atoms. The van der Waals surface area contributed by atoms with E-state index in [0.717, 1.165) is 0 Å². The fourth-order valence-electron chi connectivity index (χ4n) is 2.37. The molecular formula is C19H21ClN2O3. The fourth-order valence-corrected chi connectivity index (χ4v) is 2.56. The van der Waals surface area contributed by atoms with Crippen LogP contribution in [0.3, 0.4) is 0 Å². The Morgan fingerprint density at radius 2 is 1.80 bits per heavy atom. The largest absolute Gasteiger partial charge is 0.496 e. The molecule has 0 spiro atoms. The van der Waals surface area contributed by atoms with E-state index >= 15 is 0 Å². The van der Waals surface area contributed by atoms with Gasteiger partial charge < -0.3 is 15.4 Å². The first kappa shape index (κ1) is 18.8. The molecule has 0 aromatic heterocycles. The van der Waals surface area contributed by atoms with E-state index in [0.29, 0.717) is 22.0 Å². The lowest BCUT2D eigenvalue weighted by atomic mass is 10.0. The van der Waals surface area contributed by atoms with Gasteiger partial charge in [-0.3, -0.25) is 9.59 Å². The zero-order chi connectivity index (χ0) is 18.4. The molecule has 0 saturated heterocycles. The van der Waals surface area contributed by atoms with Crippen LogP contribution in [0.15, 0.2) is 48.5 Å². The summed E-state index contributed by atoms with van der Waals surface area (Å²) in [7, 11) is 1.50. The lowest BCUT2D eigenvalue weighted by molar-refractivity contribution is -0.118. The van der Waals surface area contributed by atoms with Crippen molar-refractivity contribution in [3.63, 3.8) is 0 Å². The van der Waals surface area contributed by atoms with Crippen molar-refractivity contribution in [1.29, 1.82) is 0 Å². The van der Waals surface area contributed by atoms with Gasteiger partial charge in [0.1, 0.15) is 11.8 Å². The topological polar surface area (TPSA) is 67.4 Å². The zero-order valence-electron chi connectivity index (χ0n) is 14.4. The smallest absolute Gasteiger partial charge is 0.255 e. The molecule has 0 saturated carbocycles. The van der Waals surface area contributed by atoms with E-state index in [1.807, 2.05) is 13.8 Å². The van der Waals surface area contributed by atoms with Gasteiger partial charge in [-0.1, -0.05) is 43.6 Å². The van der Waals surface area contributed by atoms with Gasteiger partial charge in [-0.25, -0.2) is 0 Å². The van der Waals surface area contributed by atoms with Gasteiger partial charge in [-0.05, 0) is 36.2 Å². The number of methoxy groups -OCH3 is 1.